The van der Waals surface area contributed by atoms with Gasteiger partial charge in [-0.25, -0.2) is 0 Å². The van der Waals surface area contributed by atoms with E-state index in [9.17, 15) is 19.2 Å². The Hall–Kier alpha value is 0.319. The van der Waals surface area contributed by atoms with Crippen molar-refractivity contribution in [3.8, 4) is 0 Å². The number of carbonyl (C=O) groups is 4. The minimum absolute atomic E-state index is 0. The molecule has 10 nitrogen and oxygen atoms in total. The van der Waals surface area contributed by atoms with Crippen molar-refractivity contribution in [2.75, 3.05) is 13.1 Å². The van der Waals surface area contributed by atoms with Crippen LogP contribution in [0.25, 0.3) is 0 Å². The molecule has 0 amide bonds. The summed E-state index contributed by atoms with van der Waals surface area (Å²) in [4.78, 5) is 61.4. The van der Waals surface area contributed by atoms with Crippen LogP contribution in [0.1, 0.15) is 27.7 Å². The summed E-state index contributed by atoms with van der Waals surface area (Å²) >= 11 is 0. The van der Waals surface area contributed by atoms with Crippen LogP contribution in [0.15, 0.2) is 0 Å². The Morgan fingerprint density at radius 3 is 0.913 bits per heavy atom. The Balaban J connectivity index is -0.000000602. The van der Waals surface area contributed by atoms with Gasteiger partial charge in [-0.2, -0.15) is 0 Å². The van der Waals surface area contributed by atoms with Gasteiger partial charge >= 0.3 is 100 Å². The Morgan fingerprint density at radius 2 is 0.783 bits per heavy atom. The molecule has 0 aromatic heterocycles. The van der Waals surface area contributed by atoms with Crippen LogP contribution in [0, 0.1) is 0 Å². The fourth-order valence-corrected chi connectivity index (χ4v) is 0.957. The van der Waals surface area contributed by atoms with Gasteiger partial charge in [-0.3, -0.25) is 19.2 Å². The van der Waals surface area contributed by atoms with Gasteiger partial charge in [0.1, 0.15) is 0 Å². The maximum atomic E-state index is 10.8. The van der Waals surface area contributed by atoms with E-state index >= 15 is 0 Å². The largest absolute Gasteiger partial charge is 2.00 e. The Labute approximate surface area is 188 Å². The first-order valence-corrected chi connectivity index (χ1v) is 5.50. The monoisotopic (exact) mass is 401 g/mol. The summed E-state index contributed by atoms with van der Waals surface area (Å²) in [5, 5.41) is 1.15. The van der Waals surface area contributed by atoms with Gasteiger partial charge in [0, 0.05) is 38.1 Å². The molecule has 0 saturated heterocycles. The van der Waals surface area contributed by atoms with Crippen molar-refractivity contribution < 1.29 is 115 Å². The average molecular weight is 402 g/mol. The molecule has 0 saturated carbocycles. The zero-order valence-electron chi connectivity index (χ0n) is 13.9. The molecule has 13 heteroatoms. The van der Waals surface area contributed by atoms with Crippen molar-refractivity contribution in [1.29, 1.82) is 0 Å². The van der Waals surface area contributed by atoms with Crippen molar-refractivity contribution in [1.82, 2.24) is 10.5 Å². The van der Waals surface area contributed by atoms with Crippen LogP contribution in [0.4, 0.5) is 0 Å². The van der Waals surface area contributed by atoms with E-state index in [2.05, 4.69) is 19.4 Å². The van der Waals surface area contributed by atoms with Gasteiger partial charge in [-0.15, -0.1) is 0 Å². The van der Waals surface area contributed by atoms with Gasteiger partial charge in [0.25, 0.3) is 0 Å². The van der Waals surface area contributed by atoms with E-state index in [1.807, 2.05) is 0 Å². The summed E-state index contributed by atoms with van der Waals surface area (Å²) in [6.07, 6.45) is 0. The van der Waals surface area contributed by atoms with E-state index in [1.165, 1.54) is 0 Å². The van der Waals surface area contributed by atoms with E-state index in [0.717, 1.165) is 27.7 Å². The van der Waals surface area contributed by atoms with E-state index in [4.69, 9.17) is 0 Å². The standard InChI is InChI=1S/C10H16N2O8.Cu.2Na/c1-7(13)17-11(18-8(2)14)5-6-12(19-9(3)15)20-10(4)16;;;/h5-6H2,1-4H3;;;/q;+2;2*+1. The number of hydrogen-bond acceptors (Lipinski definition) is 10. The summed E-state index contributed by atoms with van der Waals surface area (Å²) in [6.45, 7) is 3.97. The molecule has 0 aliphatic rings. The molecule has 123 valence electrons. The predicted molar refractivity (Wildman–Crippen MR) is 60.5 cm³/mol. The summed E-state index contributed by atoms with van der Waals surface area (Å²) in [7, 11) is 0. The zero-order chi connectivity index (χ0) is 15.7. The zero-order valence-corrected chi connectivity index (χ0v) is 18.8. The molecule has 0 rings (SSSR count). The first-order chi connectivity index (χ1) is 9.20. The van der Waals surface area contributed by atoms with Gasteiger partial charge in [0.2, 0.25) is 0 Å². The van der Waals surface area contributed by atoms with Crippen LogP contribution >= 0.6 is 0 Å². The molecule has 0 aromatic carbocycles. The minimum atomic E-state index is -0.724. The van der Waals surface area contributed by atoms with Crippen molar-refractivity contribution in [3.63, 3.8) is 0 Å². The molecule has 0 spiro atoms. The van der Waals surface area contributed by atoms with Crippen molar-refractivity contribution in [2.24, 2.45) is 0 Å². The summed E-state index contributed by atoms with van der Waals surface area (Å²) in [6, 6.07) is 0. The first-order valence-electron chi connectivity index (χ1n) is 5.50. The van der Waals surface area contributed by atoms with Crippen LogP contribution in [0.2, 0.25) is 0 Å². The Bertz CT molecular complexity index is 331. The molecule has 0 heterocycles. The quantitative estimate of drug-likeness (QED) is 0.301. The third-order valence-electron chi connectivity index (χ3n) is 1.39. The predicted octanol–water partition coefficient (Wildman–Crippen LogP) is -6.49. The van der Waals surface area contributed by atoms with E-state index in [-0.39, 0.29) is 89.3 Å². The summed E-state index contributed by atoms with van der Waals surface area (Å²) in [5.41, 5.74) is 0. The number of hydrogen-bond donors (Lipinski definition) is 0. The van der Waals surface area contributed by atoms with Crippen molar-refractivity contribution in [2.45, 2.75) is 27.7 Å². The van der Waals surface area contributed by atoms with E-state index in [0.29, 0.717) is 10.5 Å². The van der Waals surface area contributed by atoms with Crippen LogP contribution in [-0.4, -0.2) is 47.4 Å². The molecule has 0 aliphatic carbocycles. The van der Waals surface area contributed by atoms with Gasteiger partial charge in [0.15, 0.2) is 0 Å². The maximum Gasteiger partial charge on any atom is 2.00 e. The SMILES string of the molecule is CC(=O)ON(CCN(OC(C)=O)OC(C)=O)OC(C)=O.[Cu+2].[Na+].[Na+]. The van der Waals surface area contributed by atoms with Gasteiger partial charge in [-0.1, -0.05) is 0 Å². The average Bonchev–Trinajstić information content (AvgIpc) is 2.22. The minimum Gasteiger partial charge on any atom is -0.333 e. The normalized spacial score (nSPS) is 8.78. The number of carbonyl (C=O) groups excluding carboxylic acids is 4. The second kappa shape index (κ2) is 17.2. The third kappa shape index (κ3) is 20.3. The van der Waals surface area contributed by atoms with Crippen LogP contribution in [0.3, 0.4) is 0 Å². The molecule has 0 fully saturated rings. The molecule has 23 heavy (non-hydrogen) atoms. The summed E-state index contributed by atoms with van der Waals surface area (Å²) in [5.74, 6) is -2.90. The van der Waals surface area contributed by atoms with E-state index in [1.54, 1.807) is 0 Å². The van der Waals surface area contributed by atoms with Crippen LogP contribution in [-0.2, 0) is 55.6 Å². The molecule has 1 radical (unpaired) electrons. The molecule has 0 bridgehead atoms. The Morgan fingerprint density at radius 1 is 0.609 bits per heavy atom. The van der Waals surface area contributed by atoms with Crippen LogP contribution < -0.4 is 59.1 Å². The molecular formula is C10H16CuN2Na2O8+4. The smallest absolute Gasteiger partial charge is 0.333 e. The Kier molecular flexibility index (Phi) is 23.2. The van der Waals surface area contributed by atoms with Gasteiger partial charge in [0.05, 0.1) is 13.1 Å². The number of nitrogens with zero attached hydrogens (tertiary/aromatic N) is 2. The van der Waals surface area contributed by atoms with E-state index < -0.39 is 23.9 Å². The summed E-state index contributed by atoms with van der Waals surface area (Å²) < 4.78 is 0. The van der Waals surface area contributed by atoms with Crippen molar-refractivity contribution >= 4 is 23.9 Å². The molecular weight excluding hydrogens is 386 g/mol. The van der Waals surface area contributed by atoms with Crippen LogP contribution in [0.5, 0.6) is 0 Å². The number of hydroxylamine groups is 4. The molecule has 0 N–H and O–H groups in total. The molecule has 0 atom stereocenters. The fraction of sp³-hybridized carbons (Fsp3) is 0.600. The second-order valence-electron chi connectivity index (χ2n) is 3.44. The van der Waals surface area contributed by atoms with Gasteiger partial charge in [-0.05, 0) is 0 Å². The topological polar surface area (TPSA) is 112 Å². The molecule has 0 aliphatic heterocycles. The second-order valence-corrected chi connectivity index (χ2v) is 3.44. The number of rotatable bonds is 7. The molecule has 0 unspecified atom stereocenters. The van der Waals surface area contributed by atoms with Crippen molar-refractivity contribution in [3.05, 3.63) is 0 Å². The fourth-order valence-electron chi connectivity index (χ4n) is 0.957. The maximum absolute atomic E-state index is 10.8. The first kappa shape index (κ1) is 31.1. The van der Waals surface area contributed by atoms with Gasteiger partial charge < -0.3 is 19.4 Å². The third-order valence-corrected chi connectivity index (χ3v) is 1.39. The molecule has 0 aromatic rings.